The molecule has 0 aliphatic heterocycles. The number of nitrogens with one attached hydrogen (secondary N) is 1. The number of rotatable bonds is 3. The third-order valence-corrected chi connectivity index (χ3v) is 4.58. The standard InChI is InChI=1S/C18H11ClFNO3S/c19-12-6-4-10(5-7-12)14(23)9-16-21-18(24)15(25-16)8-11-2-1-3-13(22)17(11)20/h1-9,22H,(H,21,24)/b15-8-,16-9-. The van der Waals surface area contributed by atoms with Crippen LogP contribution in [0.3, 0.4) is 0 Å². The van der Waals surface area contributed by atoms with Gasteiger partial charge in [0.05, 0.1) is 9.20 Å². The Labute approximate surface area is 150 Å². The Hall–Kier alpha value is -2.70. The van der Waals surface area contributed by atoms with Gasteiger partial charge >= 0.3 is 0 Å². The van der Waals surface area contributed by atoms with Crippen LogP contribution in [0, 0.1) is 5.82 Å². The molecule has 0 aliphatic rings. The third-order valence-electron chi connectivity index (χ3n) is 3.37. The number of hydrogen-bond acceptors (Lipinski definition) is 4. The minimum absolute atomic E-state index is 0.0860. The Morgan fingerprint density at radius 3 is 2.64 bits per heavy atom. The van der Waals surface area contributed by atoms with Crippen LogP contribution >= 0.6 is 22.9 Å². The van der Waals surface area contributed by atoms with Gasteiger partial charge in [-0.05, 0) is 36.4 Å². The van der Waals surface area contributed by atoms with E-state index < -0.39 is 17.1 Å². The zero-order valence-corrected chi connectivity index (χ0v) is 14.2. The van der Waals surface area contributed by atoms with Crippen LogP contribution in [0.15, 0.2) is 47.3 Å². The summed E-state index contributed by atoms with van der Waals surface area (Å²) in [6, 6.07) is 10.5. The van der Waals surface area contributed by atoms with Gasteiger partial charge in [0.1, 0.15) is 0 Å². The SMILES string of the molecule is O=C(/C=c1/[nH]c(=O)/c(=C/c2cccc(O)c2F)s1)c1ccc(Cl)cc1. The molecule has 0 radical (unpaired) electrons. The van der Waals surface area contributed by atoms with E-state index in [9.17, 15) is 19.1 Å². The highest BCUT2D eigenvalue weighted by Crippen LogP contribution is 2.18. The number of aromatic amines is 1. The minimum Gasteiger partial charge on any atom is -0.505 e. The lowest BCUT2D eigenvalue weighted by atomic mass is 10.1. The highest BCUT2D eigenvalue weighted by Gasteiger charge is 2.06. The number of hydrogen-bond donors (Lipinski definition) is 2. The molecule has 0 atom stereocenters. The van der Waals surface area contributed by atoms with Gasteiger partial charge in [0.15, 0.2) is 17.3 Å². The predicted molar refractivity (Wildman–Crippen MR) is 96.1 cm³/mol. The molecule has 4 nitrogen and oxygen atoms in total. The summed E-state index contributed by atoms with van der Waals surface area (Å²) in [4.78, 5) is 26.7. The molecule has 1 aromatic heterocycles. The van der Waals surface area contributed by atoms with Gasteiger partial charge in [0.2, 0.25) is 0 Å². The average molecular weight is 376 g/mol. The quantitative estimate of drug-likeness (QED) is 0.691. The van der Waals surface area contributed by atoms with Gasteiger partial charge in [0, 0.05) is 22.2 Å². The number of ketones is 1. The van der Waals surface area contributed by atoms with Crippen molar-refractivity contribution in [3.8, 4) is 5.75 Å². The molecule has 0 aliphatic carbocycles. The molecule has 25 heavy (non-hydrogen) atoms. The molecule has 126 valence electrons. The molecule has 3 rings (SSSR count). The van der Waals surface area contributed by atoms with Crippen LogP contribution < -0.4 is 14.8 Å². The number of benzene rings is 2. The second-order valence-electron chi connectivity index (χ2n) is 5.12. The largest absolute Gasteiger partial charge is 0.505 e. The van der Waals surface area contributed by atoms with E-state index in [1.165, 1.54) is 30.4 Å². The van der Waals surface area contributed by atoms with Crippen LogP contribution in [0.1, 0.15) is 15.9 Å². The molecule has 1 heterocycles. The fourth-order valence-electron chi connectivity index (χ4n) is 2.13. The summed E-state index contributed by atoms with van der Waals surface area (Å²) in [5, 5.41) is 9.90. The smallest absolute Gasteiger partial charge is 0.266 e. The summed E-state index contributed by atoms with van der Waals surface area (Å²) in [6.45, 7) is 0. The lowest BCUT2D eigenvalue weighted by Crippen LogP contribution is -2.20. The summed E-state index contributed by atoms with van der Waals surface area (Å²) in [5.74, 6) is -1.59. The number of phenols is 1. The Balaban J connectivity index is 2.01. The van der Waals surface area contributed by atoms with E-state index in [1.807, 2.05) is 0 Å². The maximum Gasteiger partial charge on any atom is 0.266 e. The van der Waals surface area contributed by atoms with E-state index in [4.69, 9.17) is 11.6 Å². The molecule has 3 aromatic rings. The summed E-state index contributed by atoms with van der Waals surface area (Å²) in [7, 11) is 0. The van der Waals surface area contributed by atoms with Crippen molar-refractivity contribution in [2.24, 2.45) is 0 Å². The van der Waals surface area contributed by atoms with Crippen molar-refractivity contribution >= 4 is 40.9 Å². The van der Waals surface area contributed by atoms with Gasteiger partial charge < -0.3 is 10.1 Å². The first kappa shape index (κ1) is 17.1. The number of carbonyl (C=O) groups is 1. The monoisotopic (exact) mass is 375 g/mol. The van der Waals surface area contributed by atoms with E-state index in [0.717, 1.165) is 11.3 Å². The molecule has 0 amide bonds. The third kappa shape index (κ3) is 3.87. The van der Waals surface area contributed by atoms with Crippen LogP contribution in [0.4, 0.5) is 4.39 Å². The van der Waals surface area contributed by atoms with Crippen LogP contribution in [-0.4, -0.2) is 15.9 Å². The zero-order valence-electron chi connectivity index (χ0n) is 12.6. The number of halogens is 2. The van der Waals surface area contributed by atoms with Crippen molar-refractivity contribution in [3.05, 3.63) is 84.0 Å². The van der Waals surface area contributed by atoms with Crippen molar-refractivity contribution in [2.75, 3.05) is 0 Å². The maximum atomic E-state index is 13.8. The van der Waals surface area contributed by atoms with E-state index in [2.05, 4.69) is 4.98 Å². The van der Waals surface area contributed by atoms with Crippen molar-refractivity contribution in [3.63, 3.8) is 0 Å². The van der Waals surface area contributed by atoms with Crippen molar-refractivity contribution in [1.82, 2.24) is 4.98 Å². The van der Waals surface area contributed by atoms with Crippen molar-refractivity contribution < 1.29 is 14.3 Å². The number of aromatic hydroxyl groups is 1. The summed E-state index contributed by atoms with van der Waals surface area (Å²) < 4.78 is 14.4. The fourth-order valence-corrected chi connectivity index (χ4v) is 3.13. The molecule has 7 heteroatoms. The molecule has 0 bridgehead atoms. The molecule has 0 spiro atoms. The number of phenolic OH excluding ortho intramolecular Hbond substituents is 1. The number of H-pyrrole nitrogens is 1. The number of Topliss-reactive ketones (excluding diaryl/α,β-unsaturated/α-hetero) is 1. The molecule has 2 N–H and O–H groups in total. The zero-order chi connectivity index (χ0) is 18.0. The first-order chi connectivity index (χ1) is 11.9. The number of thiazole rings is 1. The molecular weight excluding hydrogens is 365 g/mol. The van der Waals surface area contributed by atoms with Gasteiger partial charge in [-0.25, -0.2) is 4.39 Å². The maximum absolute atomic E-state index is 13.8. The highest BCUT2D eigenvalue weighted by molar-refractivity contribution is 7.07. The van der Waals surface area contributed by atoms with Gasteiger partial charge in [-0.15, -0.1) is 11.3 Å². The topological polar surface area (TPSA) is 70.2 Å². The van der Waals surface area contributed by atoms with Gasteiger partial charge in [-0.1, -0.05) is 23.7 Å². The molecule has 0 saturated heterocycles. The lowest BCUT2D eigenvalue weighted by molar-refractivity contribution is 0.106. The first-order valence-corrected chi connectivity index (χ1v) is 8.33. The summed E-state index contributed by atoms with van der Waals surface area (Å²) in [5.41, 5.74) is 0.0778. The molecule has 0 unspecified atom stereocenters. The lowest BCUT2D eigenvalue weighted by Gasteiger charge is -1.97. The Bertz CT molecular complexity index is 1120. The second-order valence-corrected chi connectivity index (χ2v) is 6.65. The Kier molecular flexibility index (Phi) is 4.83. The van der Waals surface area contributed by atoms with E-state index >= 15 is 0 Å². The molecule has 2 aromatic carbocycles. The number of aromatic nitrogens is 1. The second kappa shape index (κ2) is 7.04. The Morgan fingerprint density at radius 2 is 1.92 bits per heavy atom. The minimum atomic E-state index is -0.807. The first-order valence-electron chi connectivity index (χ1n) is 7.14. The van der Waals surface area contributed by atoms with E-state index in [0.29, 0.717) is 15.2 Å². The summed E-state index contributed by atoms with van der Waals surface area (Å²) in [6.07, 6.45) is 2.62. The average Bonchev–Trinajstić information content (AvgIpc) is 2.91. The van der Waals surface area contributed by atoms with Crippen molar-refractivity contribution in [2.45, 2.75) is 0 Å². The highest BCUT2D eigenvalue weighted by atomic mass is 35.5. The molecule has 0 saturated carbocycles. The number of carbonyl (C=O) groups excluding carboxylic acids is 1. The van der Waals surface area contributed by atoms with Crippen LogP contribution in [-0.2, 0) is 0 Å². The molecular formula is C18H11ClFNO3S. The van der Waals surface area contributed by atoms with Gasteiger partial charge in [0.25, 0.3) is 5.56 Å². The van der Waals surface area contributed by atoms with Crippen molar-refractivity contribution in [1.29, 1.82) is 0 Å². The van der Waals surface area contributed by atoms with Crippen LogP contribution in [0.2, 0.25) is 5.02 Å². The Morgan fingerprint density at radius 1 is 1.20 bits per heavy atom. The van der Waals surface area contributed by atoms with Gasteiger partial charge in [-0.3, -0.25) is 9.59 Å². The fraction of sp³-hybridized carbons (Fsp3) is 0. The van der Waals surface area contributed by atoms with Crippen LogP contribution in [0.5, 0.6) is 5.75 Å². The molecule has 0 fully saturated rings. The predicted octanol–water partition coefficient (Wildman–Crippen LogP) is 2.43. The van der Waals surface area contributed by atoms with Gasteiger partial charge in [-0.2, -0.15) is 0 Å². The van der Waals surface area contributed by atoms with E-state index in [-0.39, 0.29) is 15.9 Å². The van der Waals surface area contributed by atoms with Crippen LogP contribution in [0.25, 0.3) is 12.2 Å². The van der Waals surface area contributed by atoms with E-state index in [1.54, 1.807) is 24.3 Å². The normalized spacial score (nSPS) is 12.6. The summed E-state index contributed by atoms with van der Waals surface area (Å²) >= 11 is 6.80.